The highest BCUT2D eigenvalue weighted by Gasteiger charge is 2.24. The van der Waals surface area contributed by atoms with Crippen molar-refractivity contribution in [3.63, 3.8) is 0 Å². The number of hydrogen-bond acceptors (Lipinski definition) is 3. The lowest BCUT2D eigenvalue weighted by Gasteiger charge is -2.20. The van der Waals surface area contributed by atoms with Crippen molar-refractivity contribution in [2.24, 2.45) is 5.92 Å². The SMILES string of the molecule is CC(C)CN(C)S(=O)(=O)c1cccc(F)c1N. The average Bonchev–Trinajstić information content (AvgIpc) is 2.20. The lowest BCUT2D eigenvalue weighted by Crippen LogP contribution is -2.31. The maximum atomic E-state index is 13.2. The van der Waals surface area contributed by atoms with Crippen molar-refractivity contribution >= 4 is 15.7 Å². The average molecular weight is 260 g/mol. The van der Waals surface area contributed by atoms with Crippen molar-refractivity contribution in [2.45, 2.75) is 18.7 Å². The second kappa shape index (κ2) is 5.01. The smallest absolute Gasteiger partial charge is 0.244 e. The van der Waals surface area contributed by atoms with Crippen molar-refractivity contribution in [1.82, 2.24) is 4.31 Å². The van der Waals surface area contributed by atoms with Gasteiger partial charge in [0.2, 0.25) is 10.0 Å². The highest BCUT2D eigenvalue weighted by Crippen LogP contribution is 2.24. The van der Waals surface area contributed by atoms with E-state index >= 15 is 0 Å². The largest absolute Gasteiger partial charge is 0.395 e. The zero-order chi connectivity index (χ0) is 13.2. The van der Waals surface area contributed by atoms with Crippen LogP contribution >= 0.6 is 0 Å². The summed E-state index contributed by atoms with van der Waals surface area (Å²) >= 11 is 0. The molecule has 1 rings (SSSR count). The Morgan fingerprint density at radius 2 is 2.00 bits per heavy atom. The molecule has 6 heteroatoms. The van der Waals surface area contributed by atoms with E-state index in [-0.39, 0.29) is 16.5 Å². The van der Waals surface area contributed by atoms with Crippen LogP contribution in [-0.2, 0) is 10.0 Å². The van der Waals surface area contributed by atoms with E-state index in [4.69, 9.17) is 5.73 Å². The van der Waals surface area contributed by atoms with Crippen LogP contribution in [0.1, 0.15) is 13.8 Å². The van der Waals surface area contributed by atoms with Crippen LogP contribution in [0.15, 0.2) is 23.1 Å². The first-order chi connectivity index (χ1) is 7.76. The number of benzene rings is 1. The lowest BCUT2D eigenvalue weighted by atomic mass is 10.2. The van der Waals surface area contributed by atoms with E-state index in [0.717, 1.165) is 6.07 Å². The third-order valence-corrected chi connectivity index (χ3v) is 4.20. The van der Waals surface area contributed by atoms with Gasteiger partial charge in [-0.3, -0.25) is 0 Å². The number of nitrogen functional groups attached to an aromatic ring is 1. The Balaban J connectivity index is 3.18. The van der Waals surface area contributed by atoms with E-state index < -0.39 is 15.8 Å². The third kappa shape index (κ3) is 2.95. The van der Waals surface area contributed by atoms with Gasteiger partial charge in [-0.15, -0.1) is 0 Å². The molecule has 17 heavy (non-hydrogen) atoms. The van der Waals surface area contributed by atoms with E-state index in [1.807, 2.05) is 13.8 Å². The molecule has 0 aliphatic heterocycles. The number of rotatable bonds is 4. The highest BCUT2D eigenvalue weighted by molar-refractivity contribution is 7.89. The normalized spacial score (nSPS) is 12.4. The van der Waals surface area contributed by atoms with Crippen molar-refractivity contribution in [2.75, 3.05) is 19.3 Å². The molecule has 0 saturated carbocycles. The van der Waals surface area contributed by atoms with Crippen LogP contribution in [0.3, 0.4) is 0 Å². The second-order valence-corrected chi connectivity index (χ2v) is 6.34. The molecule has 0 aliphatic rings. The Kier molecular flexibility index (Phi) is 4.11. The molecule has 2 N–H and O–H groups in total. The Morgan fingerprint density at radius 3 is 2.53 bits per heavy atom. The van der Waals surface area contributed by atoms with Crippen LogP contribution in [0, 0.1) is 11.7 Å². The summed E-state index contributed by atoms with van der Waals surface area (Å²) in [6.45, 7) is 4.17. The highest BCUT2D eigenvalue weighted by atomic mass is 32.2. The van der Waals surface area contributed by atoms with Crippen LogP contribution in [0.2, 0.25) is 0 Å². The van der Waals surface area contributed by atoms with Crippen molar-refractivity contribution in [3.8, 4) is 0 Å². The van der Waals surface area contributed by atoms with E-state index in [1.165, 1.54) is 23.5 Å². The molecule has 0 spiro atoms. The van der Waals surface area contributed by atoms with E-state index in [1.54, 1.807) is 0 Å². The second-order valence-electron chi connectivity index (χ2n) is 4.33. The van der Waals surface area contributed by atoms with E-state index in [2.05, 4.69) is 0 Å². The first-order valence-electron chi connectivity index (χ1n) is 5.27. The van der Waals surface area contributed by atoms with Crippen LogP contribution < -0.4 is 5.73 Å². The summed E-state index contributed by atoms with van der Waals surface area (Å²) in [5.74, 6) is -0.534. The number of hydrogen-bond donors (Lipinski definition) is 1. The number of para-hydroxylation sites is 1. The molecule has 0 amide bonds. The molecule has 0 heterocycles. The van der Waals surface area contributed by atoms with Gasteiger partial charge in [-0.05, 0) is 18.1 Å². The summed E-state index contributed by atoms with van der Waals surface area (Å²) in [4.78, 5) is -0.180. The molecule has 0 bridgehead atoms. The van der Waals surface area contributed by atoms with Crippen LogP contribution in [0.5, 0.6) is 0 Å². The van der Waals surface area contributed by atoms with Crippen molar-refractivity contribution < 1.29 is 12.8 Å². The van der Waals surface area contributed by atoms with Crippen LogP contribution in [0.4, 0.5) is 10.1 Å². The molecule has 0 fully saturated rings. The quantitative estimate of drug-likeness (QED) is 0.838. The molecule has 1 aromatic carbocycles. The fourth-order valence-corrected chi connectivity index (χ4v) is 2.98. The van der Waals surface area contributed by atoms with Gasteiger partial charge in [0.25, 0.3) is 0 Å². The van der Waals surface area contributed by atoms with Gasteiger partial charge in [0.05, 0.1) is 5.69 Å². The van der Waals surface area contributed by atoms with Crippen molar-refractivity contribution in [3.05, 3.63) is 24.0 Å². The first-order valence-corrected chi connectivity index (χ1v) is 6.71. The summed E-state index contributed by atoms with van der Waals surface area (Å²) in [7, 11) is -2.26. The molecule has 96 valence electrons. The zero-order valence-corrected chi connectivity index (χ0v) is 11.0. The predicted octanol–water partition coefficient (Wildman–Crippen LogP) is 1.68. The molecule has 4 nitrogen and oxygen atoms in total. The van der Waals surface area contributed by atoms with Gasteiger partial charge in [0.1, 0.15) is 10.7 Å². The van der Waals surface area contributed by atoms with E-state index in [9.17, 15) is 12.8 Å². The number of sulfonamides is 1. The Hall–Kier alpha value is -1.14. The Labute approximate surface area is 101 Å². The van der Waals surface area contributed by atoms with E-state index in [0.29, 0.717) is 6.54 Å². The van der Waals surface area contributed by atoms with Gasteiger partial charge < -0.3 is 5.73 Å². The lowest BCUT2D eigenvalue weighted by molar-refractivity contribution is 0.417. The zero-order valence-electron chi connectivity index (χ0n) is 10.1. The predicted molar refractivity (Wildman–Crippen MR) is 65.5 cm³/mol. The number of anilines is 1. The van der Waals surface area contributed by atoms with Gasteiger partial charge in [0, 0.05) is 13.6 Å². The number of nitrogens with two attached hydrogens (primary N) is 1. The minimum Gasteiger partial charge on any atom is -0.395 e. The molecule has 0 radical (unpaired) electrons. The Morgan fingerprint density at radius 1 is 1.41 bits per heavy atom. The fourth-order valence-electron chi connectivity index (χ4n) is 1.52. The number of halogens is 1. The summed E-state index contributed by atoms with van der Waals surface area (Å²) in [6.07, 6.45) is 0. The molecule has 0 saturated heterocycles. The molecule has 0 unspecified atom stereocenters. The van der Waals surface area contributed by atoms with Gasteiger partial charge in [-0.25, -0.2) is 17.1 Å². The van der Waals surface area contributed by atoms with Gasteiger partial charge in [-0.1, -0.05) is 19.9 Å². The fraction of sp³-hybridized carbons (Fsp3) is 0.455. The summed E-state index contributed by atoms with van der Waals surface area (Å²) in [6, 6.07) is 3.78. The standard InChI is InChI=1S/C11H17FN2O2S/c1-8(2)7-14(3)17(15,16)10-6-4-5-9(12)11(10)13/h4-6,8H,7,13H2,1-3H3. The molecular formula is C11H17FN2O2S. The molecule has 1 aromatic rings. The van der Waals surface area contributed by atoms with Crippen molar-refractivity contribution in [1.29, 1.82) is 0 Å². The minimum atomic E-state index is -3.72. The first kappa shape index (κ1) is 13.9. The summed E-state index contributed by atoms with van der Waals surface area (Å²) in [5.41, 5.74) is 5.13. The van der Waals surface area contributed by atoms with Gasteiger partial charge in [0.15, 0.2) is 0 Å². The van der Waals surface area contributed by atoms with Gasteiger partial charge in [-0.2, -0.15) is 0 Å². The molecular weight excluding hydrogens is 243 g/mol. The summed E-state index contributed by atoms with van der Waals surface area (Å²) in [5, 5.41) is 0. The Bertz CT molecular complexity index is 500. The topological polar surface area (TPSA) is 63.4 Å². The molecule has 0 aromatic heterocycles. The maximum Gasteiger partial charge on any atom is 0.244 e. The monoisotopic (exact) mass is 260 g/mol. The van der Waals surface area contributed by atoms with Crippen LogP contribution in [-0.4, -0.2) is 26.3 Å². The van der Waals surface area contributed by atoms with Crippen LogP contribution in [0.25, 0.3) is 0 Å². The molecule has 0 atom stereocenters. The maximum absolute atomic E-state index is 13.2. The third-order valence-electron chi connectivity index (χ3n) is 2.32. The molecule has 0 aliphatic carbocycles. The summed E-state index contributed by atoms with van der Waals surface area (Å²) < 4.78 is 38.7. The van der Waals surface area contributed by atoms with Gasteiger partial charge >= 0.3 is 0 Å². The number of nitrogens with zero attached hydrogens (tertiary/aromatic N) is 1. The minimum absolute atomic E-state index is 0.180.